The molecule has 1 aromatic heterocycles. The van der Waals surface area contributed by atoms with Crippen LogP contribution in [0.5, 0.6) is 11.5 Å². The van der Waals surface area contributed by atoms with Crippen molar-refractivity contribution in [1.82, 2.24) is 10.3 Å². The first-order valence-corrected chi connectivity index (χ1v) is 6.62. The van der Waals surface area contributed by atoms with Gasteiger partial charge in [-0.1, -0.05) is 17.7 Å². The summed E-state index contributed by atoms with van der Waals surface area (Å²) in [5.41, 5.74) is 2.18. The van der Waals surface area contributed by atoms with E-state index >= 15 is 0 Å². The Morgan fingerprint density at radius 1 is 1.15 bits per heavy atom. The number of aromatic nitrogens is 1. The van der Waals surface area contributed by atoms with Crippen molar-refractivity contribution in [3.63, 3.8) is 0 Å². The minimum absolute atomic E-state index is 0.546. The van der Waals surface area contributed by atoms with Crippen LogP contribution in [-0.4, -0.2) is 19.2 Å². The molecule has 1 heterocycles. The fraction of sp³-hybridized carbons (Fsp3) is 0.267. The molecule has 4 nitrogen and oxygen atoms in total. The zero-order chi connectivity index (χ0) is 14.4. The SMILES string of the molecule is COc1cc(CNCc2cccnc2)cc(Cl)c1OC. The van der Waals surface area contributed by atoms with Crippen molar-refractivity contribution in [2.75, 3.05) is 14.2 Å². The summed E-state index contributed by atoms with van der Waals surface area (Å²) in [5.74, 6) is 1.20. The predicted molar refractivity (Wildman–Crippen MR) is 79.3 cm³/mol. The van der Waals surface area contributed by atoms with Crippen LogP contribution in [0.3, 0.4) is 0 Å². The van der Waals surface area contributed by atoms with Crippen LogP contribution >= 0.6 is 11.6 Å². The van der Waals surface area contributed by atoms with Crippen LogP contribution in [0.1, 0.15) is 11.1 Å². The van der Waals surface area contributed by atoms with Crippen LogP contribution in [-0.2, 0) is 13.1 Å². The molecule has 2 aromatic rings. The van der Waals surface area contributed by atoms with Crippen molar-refractivity contribution in [2.45, 2.75) is 13.1 Å². The topological polar surface area (TPSA) is 43.4 Å². The second-order valence-corrected chi connectivity index (χ2v) is 4.69. The quantitative estimate of drug-likeness (QED) is 0.889. The molecule has 5 heteroatoms. The third kappa shape index (κ3) is 3.62. The normalized spacial score (nSPS) is 10.3. The number of methoxy groups -OCH3 is 2. The number of halogens is 1. The maximum absolute atomic E-state index is 6.17. The van der Waals surface area contributed by atoms with Crippen LogP contribution in [0.25, 0.3) is 0 Å². The minimum atomic E-state index is 0.546. The molecule has 0 aliphatic rings. The van der Waals surface area contributed by atoms with Gasteiger partial charge >= 0.3 is 0 Å². The Bertz CT molecular complexity index is 561. The molecule has 20 heavy (non-hydrogen) atoms. The maximum Gasteiger partial charge on any atom is 0.179 e. The standard InChI is InChI=1S/C15H17ClN2O2/c1-19-14-7-12(6-13(16)15(14)20-2)10-18-9-11-4-3-5-17-8-11/h3-8,18H,9-10H2,1-2H3. The van der Waals surface area contributed by atoms with E-state index < -0.39 is 0 Å². The Hall–Kier alpha value is -1.78. The van der Waals surface area contributed by atoms with Gasteiger partial charge in [0, 0.05) is 25.5 Å². The molecule has 0 amide bonds. The van der Waals surface area contributed by atoms with Gasteiger partial charge in [-0.05, 0) is 29.3 Å². The van der Waals surface area contributed by atoms with Gasteiger partial charge in [-0.3, -0.25) is 4.98 Å². The fourth-order valence-corrected chi connectivity index (χ4v) is 2.24. The van der Waals surface area contributed by atoms with Crippen LogP contribution in [0.4, 0.5) is 0 Å². The number of rotatable bonds is 6. The highest BCUT2D eigenvalue weighted by atomic mass is 35.5. The Morgan fingerprint density at radius 2 is 1.95 bits per heavy atom. The van der Waals surface area contributed by atoms with Crippen LogP contribution in [0, 0.1) is 0 Å². The lowest BCUT2D eigenvalue weighted by Gasteiger charge is -2.12. The zero-order valence-electron chi connectivity index (χ0n) is 11.5. The molecule has 2 rings (SSSR count). The molecule has 0 saturated heterocycles. The highest BCUT2D eigenvalue weighted by Gasteiger charge is 2.10. The largest absolute Gasteiger partial charge is 0.493 e. The Balaban J connectivity index is 2.01. The molecular weight excluding hydrogens is 276 g/mol. The van der Waals surface area contributed by atoms with Crippen molar-refractivity contribution in [3.05, 3.63) is 52.8 Å². The number of hydrogen-bond donors (Lipinski definition) is 1. The van der Waals surface area contributed by atoms with Gasteiger partial charge in [-0.25, -0.2) is 0 Å². The average molecular weight is 293 g/mol. The summed E-state index contributed by atoms with van der Waals surface area (Å²) < 4.78 is 10.5. The second-order valence-electron chi connectivity index (χ2n) is 4.28. The summed E-state index contributed by atoms with van der Waals surface area (Å²) in [6.07, 6.45) is 3.60. The van der Waals surface area contributed by atoms with E-state index in [1.807, 2.05) is 30.5 Å². The van der Waals surface area contributed by atoms with Gasteiger partial charge in [0.25, 0.3) is 0 Å². The van der Waals surface area contributed by atoms with Crippen LogP contribution in [0.2, 0.25) is 5.02 Å². The first kappa shape index (κ1) is 14.6. The molecular formula is C15H17ClN2O2. The van der Waals surface area contributed by atoms with Gasteiger partial charge in [0.1, 0.15) is 0 Å². The first-order valence-electron chi connectivity index (χ1n) is 6.24. The first-order chi connectivity index (χ1) is 9.74. The monoisotopic (exact) mass is 292 g/mol. The second kappa shape index (κ2) is 7.12. The number of pyridine rings is 1. The van der Waals surface area contributed by atoms with Gasteiger partial charge in [-0.15, -0.1) is 0 Å². The predicted octanol–water partition coefficient (Wildman–Crippen LogP) is 3.04. The summed E-state index contributed by atoms with van der Waals surface area (Å²) in [4.78, 5) is 4.08. The van der Waals surface area contributed by atoms with E-state index in [9.17, 15) is 0 Å². The smallest absolute Gasteiger partial charge is 0.179 e. The lowest BCUT2D eigenvalue weighted by atomic mass is 10.2. The number of nitrogens with zero attached hydrogens (tertiary/aromatic N) is 1. The molecule has 106 valence electrons. The summed E-state index contributed by atoms with van der Waals surface area (Å²) >= 11 is 6.17. The third-order valence-electron chi connectivity index (χ3n) is 2.87. The molecule has 0 unspecified atom stereocenters. The molecule has 1 aromatic carbocycles. The van der Waals surface area contributed by atoms with Crippen molar-refractivity contribution < 1.29 is 9.47 Å². The van der Waals surface area contributed by atoms with E-state index in [1.165, 1.54) is 0 Å². The number of ether oxygens (including phenoxy) is 2. The number of nitrogens with one attached hydrogen (secondary N) is 1. The van der Waals surface area contributed by atoms with Gasteiger partial charge in [0.05, 0.1) is 19.2 Å². The van der Waals surface area contributed by atoms with Crippen molar-refractivity contribution in [2.24, 2.45) is 0 Å². The Morgan fingerprint density at radius 3 is 2.60 bits per heavy atom. The van der Waals surface area contributed by atoms with E-state index in [0.29, 0.717) is 23.1 Å². The zero-order valence-corrected chi connectivity index (χ0v) is 12.3. The van der Waals surface area contributed by atoms with Crippen molar-refractivity contribution >= 4 is 11.6 Å². The molecule has 0 bridgehead atoms. The van der Waals surface area contributed by atoms with Gasteiger partial charge in [-0.2, -0.15) is 0 Å². The number of hydrogen-bond acceptors (Lipinski definition) is 4. The average Bonchev–Trinajstić information content (AvgIpc) is 2.47. The van der Waals surface area contributed by atoms with Crippen LogP contribution in [0.15, 0.2) is 36.7 Å². The lowest BCUT2D eigenvalue weighted by molar-refractivity contribution is 0.354. The summed E-state index contributed by atoms with van der Waals surface area (Å²) in [6, 6.07) is 7.74. The minimum Gasteiger partial charge on any atom is -0.493 e. The Kier molecular flexibility index (Phi) is 5.21. The van der Waals surface area contributed by atoms with E-state index in [2.05, 4.69) is 10.3 Å². The Labute approximate surface area is 123 Å². The molecule has 0 atom stereocenters. The highest BCUT2D eigenvalue weighted by molar-refractivity contribution is 6.32. The van der Waals surface area contributed by atoms with Gasteiger partial charge in [0.2, 0.25) is 0 Å². The molecule has 0 fully saturated rings. The molecule has 0 saturated carbocycles. The maximum atomic E-state index is 6.17. The number of benzene rings is 1. The van der Waals surface area contributed by atoms with E-state index in [4.69, 9.17) is 21.1 Å². The van der Waals surface area contributed by atoms with E-state index in [-0.39, 0.29) is 0 Å². The molecule has 0 aliphatic carbocycles. The lowest BCUT2D eigenvalue weighted by Crippen LogP contribution is -2.13. The summed E-state index contributed by atoms with van der Waals surface area (Å²) in [6.45, 7) is 1.44. The fourth-order valence-electron chi connectivity index (χ4n) is 1.93. The molecule has 1 N–H and O–H groups in total. The molecule has 0 aliphatic heterocycles. The van der Waals surface area contributed by atoms with Crippen LogP contribution < -0.4 is 14.8 Å². The van der Waals surface area contributed by atoms with Crippen molar-refractivity contribution in [3.8, 4) is 11.5 Å². The highest BCUT2D eigenvalue weighted by Crippen LogP contribution is 2.35. The molecule has 0 spiro atoms. The summed E-state index contributed by atoms with van der Waals surface area (Å²) in [7, 11) is 3.17. The van der Waals surface area contributed by atoms with Crippen molar-refractivity contribution in [1.29, 1.82) is 0 Å². The van der Waals surface area contributed by atoms with E-state index in [0.717, 1.165) is 17.7 Å². The molecule has 0 radical (unpaired) electrons. The summed E-state index contributed by atoms with van der Waals surface area (Å²) in [5, 5.41) is 3.89. The van der Waals surface area contributed by atoms with Gasteiger partial charge in [0.15, 0.2) is 11.5 Å². The van der Waals surface area contributed by atoms with Gasteiger partial charge < -0.3 is 14.8 Å². The van der Waals surface area contributed by atoms with E-state index in [1.54, 1.807) is 20.4 Å². The third-order valence-corrected chi connectivity index (χ3v) is 3.16.